The van der Waals surface area contributed by atoms with E-state index in [9.17, 15) is 9.59 Å². The van der Waals surface area contributed by atoms with E-state index in [-0.39, 0.29) is 11.3 Å². The van der Waals surface area contributed by atoms with Crippen LogP contribution in [0.2, 0.25) is 0 Å². The second-order valence-electron chi connectivity index (χ2n) is 5.40. The maximum atomic E-state index is 12.4. The van der Waals surface area contributed by atoms with Crippen molar-refractivity contribution in [3.8, 4) is 22.6 Å². The first kappa shape index (κ1) is 17.2. The molecule has 3 rings (SSSR count). The zero-order valence-electron chi connectivity index (χ0n) is 13.9. The molecule has 3 aromatic rings. The van der Waals surface area contributed by atoms with Gasteiger partial charge in [0.1, 0.15) is 17.1 Å². The molecular formula is C22H16O4. The summed E-state index contributed by atoms with van der Waals surface area (Å²) in [5.41, 5.74) is 2.26. The second kappa shape index (κ2) is 7.94. The lowest BCUT2D eigenvalue weighted by Crippen LogP contribution is -2.12. The maximum absolute atomic E-state index is 12.4. The standard InChI is InChI=1S/C22H16O4/c1-2-21(23)26-20-11-7-6-10-19(20)22(24)25-18-14-12-17(13-15-18)16-8-4-3-5-9-16/h2-15H,1H2. The molecule has 3 aromatic carbocycles. The Kier molecular flexibility index (Phi) is 5.25. The van der Waals surface area contributed by atoms with Gasteiger partial charge in [0, 0.05) is 6.08 Å². The van der Waals surface area contributed by atoms with Gasteiger partial charge >= 0.3 is 11.9 Å². The number of rotatable bonds is 5. The number of hydrogen-bond donors (Lipinski definition) is 0. The fourth-order valence-electron chi connectivity index (χ4n) is 2.38. The Labute approximate surface area is 151 Å². The van der Waals surface area contributed by atoms with Gasteiger partial charge in [0.25, 0.3) is 0 Å². The summed E-state index contributed by atoms with van der Waals surface area (Å²) in [6, 6.07) is 23.5. The van der Waals surface area contributed by atoms with Crippen LogP contribution in [0.5, 0.6) is 11.5 Å². The molecule has 26 heavy (non-hydrogen) atoms. The van der Waals surface area contributed by atoms with E-state index in [0.29, 0.717) is 5.75 Å². The molecule has 0 unspecified atom stereocenters. The molecule has 0 amide bonds. The summed E-state index contributed by atoms with van der Waals surface area (Å²) in [7, 11) is 0. The molecule has 0 aliphatic rings. The van der Waals surface area contributed by atoms with Crippen LogP contribution in [0.4, 0.5) is 0 Å². The lowest BCUT2D eigenvalue weighted by molar-refractivity contribution is -0.128. The predicted molar refractivity (Wildman–Crippen MR) is 99.1 cm³/mol. The molecule has 0 atom stereocenters. The SMILES string of the molecule is C=CC(=O)Oc1ccccc1C(=O)Oc1ccc(-c2ccccc2)cc1. The molecule has 128 valence electrons. The van der Waals surface area contributed by atoms with E-state index in [2.05, 4.69) is 6.58 Å². The fraction of sp³-hybridized carbons (Fsp3) is 0. The smallest absolute Gasteiger partial charge is 0.347 e. The van der Waals surface area contributed by atoms with Crippen molar-refractivity contribution in [3.63, 3.8) is 0 Å². The van der Waals surface area contributed by atoms with Gasteiger partial charge in [-0.15, -0.1) is 0 Å². The number of para-hydroxylation sites is 1. The highest BCUT2D eigenvalue weighted by molar-refractivity contribution is 5.95. The monoisotopic (exact) mass is 344 g/mol. The largest absolute Gasteiger partial charge is 0.423 e. The van der Waals surface area contributed by atoms with Crippen molar-refractivity contribution in [3.05, 3.63) is 97.1 Å². The Balaban J connectivity index is 1.76. The van der Waals surface area contributed by atoms with Crippen molar-refractivity contribution in [2.24, 2.45) is 0 Å². The molecule has 4 heteroatoms. The highest BCUT2D eigenvalue weighted by Gasteiger charge is 2.16. The molecule has 0 saturated carbocycles. The predicted octanol–water partition coefficient (Wildman–Crippen LogP) is 4.66. The minimum atomic E-state index is -0.641. The Morgan fingerprint density at radius 1 is 0.731 bits per heavy atom. The molecule has 0 aromatic heterocycles. The molecule has 0 bridgehead atoms. The molecule has 0 saturated heterocycles. The number of hydrogen-bond acceptors (Lipinski definition) is 4. The summed E-state index contributed by atoms with van der Waals surface area (Å²) < 4.78 is 10.5. The zero-order valence-corrected chi connectivity index (χ0v) is 13.9. The first-order chi connectivity index (χ1) is 12.7. The van der Waals surface area contributed by atoms with E-state index in [1.54, 1.807) is 24.3 Å². The minimum absolute atomic E-state index is 0.128. The number of carbonyl (C=O) groups is 2. The quantitative estimate of drug-likeness (QED) is 0.384. The molecule has 0 fully saturated rings. The highest BCUT2D eigenvalue weighted by atomic mass is 16.5. The fourth-order valence-corrected chi connectivity index (χ4v) is 2.38. The summed E-state index contributed by atoms with van der Waals surface area (Å²) in [6.07, 6.45) is 1.03. The van der Waals surface area contributed by atoms with Crippen LogP contribution >= 0.6 is 0 Å². The third kappa shape index (κ3) is 4.05. The maximum Gasteiger partial charge on any atom is 0.347 e. The number of carbonyl (C=O) groups excluding carboxylic acids is 2. The number of esters is 2. The molecule has 0 radical (unpaired) electrons. The van der Waals surface area contributed by atoms with E-state index in [1.807, 2.05) is 42.5 Å². The third-order valence-electron chi connectivity index (χ3n) is 3.66. The van der Waals surface area contributed by atoms with Gasteiger partial charge < -0.3 is 9.47 Å². The summed E-state index contributed by atoms with van der Waals surface area (Å²) in [5, 5.41) is 0. The van der Waals surface area contributed by atoms with Crippen LogP contribution in [0.15, 0.2) is 91.5 Å². The van der Waals surface area contributed by atoms with Crippen molar-refractivity contribution >= 4 is 11.9 Å². The normalized spacial score (nSPS) is 10.0. The Bertz CT molecular complexity index is 928. The van der Waals surface area contributed by atoms with Crippen molar-refractivity contribution < 1.29 is 19.1 Å². The van der Waals surface area contributed by atoms with Gasteiger partial charge in [0.05, 0.1) is 0 Å². The zero-order chi connectivity index (χ0) is 18.4. The van der Waals surface area contributed by atoms with Gasteiger partial charge in [-0.3, -0.25) is 0 Å². The lowest BCUT2D eigenvalue weighted by Gasteiger charge is -2.09. The van der Waals surface area contributed by atoms with Gasteiger partial charge in [-0.1, -0.05) is 61.2 Å². The second-order valence-corrected chi connectivity index (χ2v) is 5.40. The van der Waals surface area contributed by atoms with Gasteiger partial charge in [0.15, 0.2) is 0 Å². The van der Waals surface area contributed by atoms with E-state index in [4.69, 9.17) is 9.47 Å². The molecular weight excluding hydrogens is 328 g/mol. The average Bonchev–Trinajstić information content (AvgIpc) is 2.69. The minimum Gasteiger partial charge on any atom is -0.423 e. The van der Waals surface area contributed by atoms with Gasteiger partial charge in [0.2, 0.25) is 0 Å². The topological polar surface area (TPSA) is 52.6 Å². The van der Waals surface area contributed by atoms with Crippen LogP contribution < -0.4 is 9.47 Å². The Morgan fingerprint density at radius 3 is 2.04 bits per heavy atom. The highest BCUT2D eigenvalue weighted by Crippen LogP contribution is 2.24. The van der Waals surface area contributed by atoms with Crippen molar-refractivity contribution in [1.29, 1.82) is 0 Å². The first-order valence-corrected chi connectivity index (χ1v) is 7.98. The Hall–Kier alpha value is -3.66. The summed E-state index contributed by atoms with van der Waals surface area (Å²) in [4.78, 5) is 23.8. The van der Waals surface area contributed by atoms with Crippen LogP contribution in [0.1, 0.15) is 10.4 Å². The molecule has 0 heterocycles. The van der Waals surface area contributed by atoms with Crippen LogP contribution in [0.3, 0.4) is 0 Å². The molecule has 0 aliphatic carbocycles. The van der Waals surface area contributed by atoms with Gasteiger partial charge in [-0.05, 0) is 35.4 Å². The molecule has 0 aliphatic heterocycles. The average molecular weight is 344 g/mol. The van der Waals surface area contributed by atoms with Crippen LogP contribution in [-0.2, 0) is 4.79 Å². The van der Waals surface area contributed by atoms with Crippen LogP contribution in [0, 0.1) is 0 Å². The summed E-state index contributed by atoms with van der Waals surface area (Å²) >= 11 is 0. The summed E-state index contributed by atoms with van der Waals surface area (Å²) in [6.45, 7) is 3.34. The van der Waals surface area contributed by atoms with E-state index in [1.165, 1.54) is 12.1 Å². The van der Waals surface area contributed by atoms with Gasteiger partial charge in [-0.25, -0.2) is 9.59 Å². The van der Waals surface area contributed by atoms with E-state index in [0.717, 1.165) is 17.2 Å². The number of ether oxygens (including phenoxy) is 2. The van der Waals surface area contributed by atoms with Crippen molar-refractivity contribution in [1.82, 2.24) is 0 Å². The molecule has 4 nitrogen and oxygen atoms in total. The van der Waals surface area contributed by atoms with Gasteiger partial charge in [-0.2, -0.15) is 0 Å². The van der Waals surface area contributed by atoms with Crippen molar-refractivity contribution in [2.45, 2.75) is 0 Å². The molecule has 0 N–H and O–H groups in total. The first-order valence-electron chi connectivity index (χ1n) is 7.98. The Morgan fingerprint density at radius 2 is 1.35 bits per heavy atom. The number of benzene rings is 3. The lowest BCUT2D eigenvalue weighted by atomic mass is 10.1. The van der Waals surface area contributed by atoms with Crippen LogP contribution in [-0.4, -0.2) is 11.9 Å². The third-order valence-corrected chi connectivity index (χ3v) is 3.66. The molecule has 0 spiro atoms. The van der Waals surface area contributed by atoms with E-state index >= 15 is 0 Å². The van der Waals surface area contributed by atoms with Crippen LogP contribution in [0.25, 0.3) is 11.1 Å². The van der Waals surface area contributed by atoms with Crippen molar-refractivity contribution in [2.75, 3.05) is 0 Å². The summed E-state index contributed by atoms with van der Waals surface area (Å²) in [5.74, 6) is -0.717. The van der Waals surface area contributed by atoms with E-state index < -0.39 is 11.9 Å².